The number of ketones is 1. The van der Waals surface area contributed by atoms with Gasteiger partial charge in [-0.15, -0.1) is 0 Å². The Kier molecular flexibility index (Phi) is 3.34. The second-order valence-electron chi connectivity index (χ2n) is 5.38. The van der Waals surface area contributed by atoms with E-state index in [1.165, 1.54) is 10.9 Å². The third-order valence-electron chi connectivity index (χ3n) is 4.08. The summed E-state index contributed by atoms with van der Waals surface area (Å²) in [5.41, 5.74) is 2.11. The Morgan fingerprint density at radius 2 is 1.95 bits per heavy atom. The highest BCUT2D eigenvalue weighted by Gasteiger charge is 2.23. The average molecular weight is 253 g/mol. The Hall–Kier alpha value is -1.67. The SMILES string of the molecule is Cc1ccc(C(=O)C2CCCNC2)c2ccccc12. The largest absolute Gasteiger partial charge is 0.316 e. The number of carbonyl (C=O) groups excluding carboxylic acids is 1. The molecule has 1 fully saturated rings. The molecule has 1 atom stereocenters. The van der Waals surface area contributed by atoms with Crippen molar-refractivity contribution in [1.29, 1.82) is 0 Å². The quantitative estimate of drug-likeness (QED) is 0.832. The van der Waals surface area contributed by atoms with Crippen LogP contribution in [0.2, 0.25) is 0 Å². The standard InChI is InChI=1S/C17H19NO/c1-12-8-9-16(15-7-3-2-6-14(12)15)17(19)13-5-4-10-18-11-13/h2-3,6-9,13,18H,4-5,10-11H2,1H3. The van der Waals surface area contributed by atoms with Gasteiger partial charge in [-0.25, -0.2) is 0 Å². The van der Waals surface area contributed by atoms with Crippen molar-refractivity contribution >= 4 is 16.6 Å². The monoisotopic (exact) mass is 253 g/mol. The third-order valence-corrected chi connectivity index (χ3v) is 4.08. The molecule has 2 aromatic rings. The summed E-state index contributed by atoms with van der Waals surface area (Å²) in [4.78, 5) is 12.7. The van der Waals surface area contributed by atoms with E-state index in [-0.39, 0.29) is 5.92 Å². The topological polar surface area (TPSA) is 29.1 Å². The molecule has 0 bridgehead atoms. The first kappa shape index (κ1) is 12.4. The van der Waals surface area contributed by atoms with E-state index in [2.05, 4.69) is 30.4 Å². The Balaban J connectivity index is 2.05. The summed E-state index contributed by atoms with van der Waals surface area (Å²) in [5.74, 6) is 0.434. The van der Waals surface area contributed by atoms with E-state index < -0.39 is 0 Å². The zero-order chi connectivity index (χ0) is 13.2. The molecule has 1 N–H and O–H groups in total. The number of benzene rings is 2. The molecule has 3 rings (SSSR count). The molecule has 2 nitrogen and oxygen atoms in total. The molecule has 0 saturated carbocycles. The number of carbonyl (C=O) groups is 1. The van der Waals surface area contributed by atoms with Gasteiger partial charge in [0, 0.05) is 18.0 Å². The second-order valence-corrected chi connectivity index (χ2v) is 5.38. The van der Waals surface area contributed by atoms with Gasteiger partial charge in [-0.1, -0.05) is 36.4 Å². The van der Waals surface area contributed by atoms with Gasteiger partial charge in [-0.3, -0.25) is 4.79 Å². The van der Waals surface area contributed by atoms with Gasteiger partial charge in [-0.05, 0) is 42.6 Å². The molecule has 1 heterocycles. The number of aryl methyl sites for hydroxylation is 1. The Labute approximate surface area is 113 Å². The summed E-state index contributed by atoms with van der Waals surface area (Å²) in [6, 6.07) is 12.3. The number of hydrogen-bond donors (Lipinski definition) is 1. The lowest BCUT2D eigenvalue weighted by Gasteiger charge is -2.22. The predicted octanol–water partition coefficient (Wildman–Crippen LogP) is 3.33. The van der Waals surface area contributed by atoms with Crippen molar-refractivity contribution < 1.29 is 4.79 Å². The van der Waals surface area contributed by atoms with E-state index in [0.29, 0.717) is 5.78 Å². The predicted molar refractivity (Wildman–Crippen MR) is 78.6 cm³/mol. The summed E-state index contributed by atoms with van der Waals surface area (Å²) in [6.45, 7) is 3.96. The van der Waals surface area contributed by atoms with Gasteiger partial charge < -0.3 is 5.32 Å². The van der Waals surface area contributed by atoms with Crippen LogP contribution in [0.5, 0.6) is 0 Å². The van der Waals surface area contributed by atoms with Crippen LogP contribution in [0, 0.1) is 12.8 Å². The Morgan fingerprint density at radius 1 is 1.16 bits per heavy atom. The summed E-state index contributed by atoms with van der Waals surface area (Å²) in [7, 11) is 0. The molecule has 1 aliphatic rings. The number of nitrogens with one attached hydrogen (secondary N) is 1. The number of fused-ring (bicyclic) bond motifs is 1. The maximum absolute atomic E-state index is 12.7. The second kappa shape index (κ2) is 5.14. The van der Waals surface area contributed by atoms with Gasteiger partial charge in [0.05, 0.1) is 0 Å². The fourth-order valence-electron chi connectivity index (χ4n) is 2.96. The minimum atomic E-state index is 0.139. The molecule has 1 aliphatic heterocycles. The van der Waals surface area contributed by atoms with Gasteiger partial charge in [-0.2, -0.15) is 0 Å². The van der Waals surface area contributed by atoms with Crippen molar-refractivity contribution in [3.8, 4) is 0 Å². The van der Waals surface area contributed by atoms with Crippen LogP contribution in [0.4, 0.5) is 0 Å². The van der Waals surface area contributed by atoms with E-state index in [4.69, 9.17) is 0 Å². The van der Waals surface area contributed by atoms with E-state index >= 15 is 0 Å². The highest BCUT2D eigenvalue weighted by molar-refractivity contribution is 6.09. The van der Waals surface area contributed by atoms with Crippen LogP contribution in [0.25, 0.3) is 10.8 Å². The summed E-state index contributed by atoms with van der Waals surface area (Å²) >= 11 is 0. The lowest BCUT2D eigenvalue weighted by molar-refractivity contribution is 0.0901. The van der Waals surface area contributed by atoms with E-state index in [1.54, 1.807) is 0 Å². The molecule has 1 unspecified atom stereocenters. The molecule has 19 heavy (non-hydrogen) atoms. The minimum Gasteiger partial charge on any atom is -0.316 e. The van der Waals surface area contributed by atoms with Gasteiger partial charge in [0.1, 0.15) is 0 Å². The van der Waals surface area contributed by atoms with Crippen LogP contribution >= 0.6 is 0 Å². The minimum absolute atomic E-state index is 0.139. The van der Waals surface area contributed by atoms with Gasteiger partial charge >= 0.3 is 0 Å². The van der Waals surface area contributed by atoms with E-state index in [0.717, 1.165) is 36.9 Å². The van der Waals surface area contributed by atoms with Gasteiger partial charge in [0.15, 0.2) is 5.78 Å². The number of hydrogen-bond acceptors (Lipinski definition) is 2. The first-order valence-corrected chi connectivity index (χ1v) is 7.00. The Morgan fingerprint density at radius 3 is 2.68 bits per heavy atom. The molecule has 0 spiro atoms. The van der Waals surface area contributed by atoms with E-state index in [9.17, 15) is 4.79 Å². The van der Waals surface area contributed by atoms with Crippen LogP contribution in [-0.4, -0.2) is 18.9 Å². The fraction of sp³-hybridized carbons (Fsp3) is 0.353. The van der Waals surface area contributed by atoms with Crippen molar-refractivity contribution in [2.24, 2.45) is 5.92 Å². The van der Waals surface area contributed by atoms with Crippen LogP contribution in [-0.2, 0) is 0 Å². The molecule has 0 aromatic heterocycles. The van der Waals surface area contributed by atoms with Crippen LogP contribution < -0.4 is 5.32 Å². The number of rotatable bonds is 2. The van der Waals surface area contributed by atoms with Crippen molar-refractivity contribution in [2.45, 2.75) is 19.8 Å². The first-order chi connectivity index (χ1) is 9.27. The third kappa shape index (κ3) is 2.28. The first-order valence-electron chi connectivity index (χ1n) is 7.00. The molecular formula is C17H19NO. The zero-order valence-corrected chi connectivity index (χ0v) is 11.3. The Bertz CT molecular complexity index is 612. The van der Waals surface area contributed by atoms with Crippen LogP contribution in [0.1, 0.15) is 28.8 Å². The van der Waals surface area contributed by atoms with Crippen molar-refractivity contribution in [3.05, 3.63) is 47.5 Å². The van der Waals surface area contributed by atoms with E-state index in [1.807, 2.05) is 18.2 Å². The average Bonchev–Trinajstić information content (AvgIpc) is 2.48. The molecule has 2 heteroatoms. The van der Waals surface area contributed by atoms with Crippen LogP contribution in [0.3, 0.4) is 0 Å². The fourth-order valence-corrected chi connectivity index (χ4v) is 2.96. The normalized spacial score (nSPS) is 19.5. The summed E-state index contributed by atoms with van der Waals surface area (Å²) in [5, 5.41) is 5.61. The summed E-state index contributed by atoms with van der Waals surface area (Å²) in [6.07, 6.45) is 2.11. The maximum Gasteiger partial charge on any atom is 0.167 e. The molecule has 0 amide bonds. The number of piperidine rings is 1. The zero-order valence-electron chi connectivity index (χ0n) is 11.3. The molecular weight excluding hydrogens is 234 g/mol. The smallest absolute Gasteiger partial charge is 0.167 e. The lowest BCUT2D eigenvalue weighted by atomic mass is 9.88. The molecule has 2 aromatic carbocycles. The van der Waals surface area contributed by atoms with Gasteiger partial charge in [0.2, 0.25) is 0 Å². The lowest BCUT2D eigenvalue weighted by Crippen LogP contribution is -2.34. The molecule has 1 saturated heterocycles. The van der Waals surface area contributed by atoms with Crippen molar-refractivity contribution in [3.63, 3.8) is 0 Å². The van der Waals surface area contributed by atoms with Crippen molar-refractivity contribution in [2.75, 3.05) is 13.1 Å². The highest BCUT2D eigenvalue weighted by atomic mass is 16.1. The van der Waals surface area contributed by atoms with Crippen molar-refractivity contribution in [1.82, 2.24) is 5.32 Å². The maximum atomic E-state index is 12.7. The molecule has 98 valence electrons. The summed E-state index contributed by atoms with van der Waals surface area (Å²) < 4.78 is 0. The molecule has 0 aliphatic carbocycles. The highest BCUT2D eigenvalue weighted by Crippen LogP contribution is 2.26. The number of Topliss-reactive ketones (excluding diaryl/α,β-unsaturated/α-hetero) is 1. The van der Waals surface area contributed by atoms with Crippen LogP contribution in [0.15, 0.2) is 36.4 Å². The van der Waals surface area contributed by atoms with Gasteiger partial charge in [0.25, 0.3) is 0 Å². The molecule has 0 radical (unpaired) electrons.